The van der Waals surface area contributed by atoms with E-state index in [1.165, 1.54) is 19.9 Å². The monoisotopic (exact) mass is 209 g/mol. The Balaban J connectivity index is 3.20. The van der Waals surface area contributed by atoms with Crippen molar-refractivity contribution in [3.05, 3.63) is 33.4 Å². The summed E-state index contributed by atoms with van der Waals surface area (Å²) >= 11 is 0. The standard InChI is InChI=1S/C10H11NO4/c1-5-4-8(13)9(6(2)15-5)10(14)11-7(3)12/h4H,1-3H3,(H,11,12,14). The molecule has 0 unspecified atom stereocenters. The molecule has 5 nitrogen and oxygen atoms in total. The second-order valence-electron chi connectivity index (χ2n) is 3.16. The van der Waals surface area contributed by atoms with Crippen molar-refractivity contribution in [1.82, 2.24) is 5.32 Å². The third-order valence-electron chi connectivity index (χ3n) is 1.76. The summed E-state index contributed by atoms with van der Waals surface area (Å²) in [5, 5.41) is 2.02. The summed E-state index contributed by atoms with van der Waals surface area (Å²) < 4.78 is 5.12. The molecular formula is C10H11NO4. The SMILES string of the molecule is CC(=O)NC(=O)c1c(C)oc(C)cc1=O. The molecule has 0 fully saturated rings. The fourth-order valence-electron chi connectivity index (χ4n) is 1.25. The van der Waals surface area contributed by atoms with Crippen molar-refractivity contribution in [3.8, 4) is 0 Å². The number of carbonyl (C=O) groups is 2. The summed E-state index contributed by atoms with van der Waals surface area (Å²) in [6.45, 7) is 4.31. The summed E-state index contributed by atoms with van der Waals surface area (Å²) in [5.74, 6) is -0.608. The summed E-state index contributed by atoms with van der Waals surface area (Å²) in [6.07, 6.45) is 0. The average Bonchev–Trinajstić information content (AvgIpc) is 1.99. The second kappa shape index (κ2) is 4.08. The highest BCUT2D eigenvalue weighted by atomic mass is 16.3. The Kier molecular flexibility index (Phi) is 3.04. The molecule has 0 saturated heterocycles. The van der Waals surface area contributed by atoms with Crippen molar-refractivity contribution < 1.29 is 14.0 Å². The quantitative estimate of drug-likeness (QED) is 0.732. The first-order valence-electron chi connectivity index (χ1n) is 4.35. The normalized spacial score (nSPS) is 9.80. The van der Waals surface area contributed by atoms with Crippen LogP contribution in [0.4, 0.5) is 0 Å². The van der Waals surface area contributed by atoms with Crippen LogP contribution in [0.2, 0.25) is 0 Å². The molecule has 1 aromatic heterocycles. The van der Waals surface area contributed by atoms with Gasteiger partial charge in [-0.1, -0.05) is 0 Å². The first-order chi connectivity index (χ1) is 6.91. The van der Waals surface area contributed by atoms with Crippen LogP contribution in [0.5, 0.6) is 0 Å². The number of carbonyl (C=O) groups excluding carboxylic acids is 2. The molecule has 0 spiro atoms. The highest BCUT2D eigenvalue weighted by molar-refractivity contribution is 6.04. The summed E-state index contributed by atoms with van der Waals surface area (Å²) in [4.78, 5) is 33.5. The van der Waals surface area contributed by atoms with Crippen LogP contribution < -0.4 is 10.7 Å². The van der Waals surface area contributed by atoms with Gasteiger partial charge in [0.1, 0.15) is 17.1 Å². The van der Waals surface area contributed by atoms with Crippen molar-refractivity contribution in [1.29, 1.82) is 0 Å². The molecule has 0 aliphatic heterocycles. The lowest BCUT2D eigenvalue weighted by Crippen LogP contribution is -2.32. The fourth-order valence-corrected chi connectivity index (χ4v) is 1.25. The zero-order valence-electron chi connectivity index (χ0n) is 8.71. The Hall–Kier alpha value is -1.91. The minimum absolute atomic E-state index is 0.129. The molecule has 0 aliphatic carbocycles. The fraction of sp³-hybridized carbons (Fsp3) is 0.300. The number of hydrogen-bond donors (Lipinski definition) is 1. The lowest BCUT2D eigenvalue weighted by atomic mass is 10.2. The zero-order valence-corrected chi connectivity index (χ0v) is 8.71. The molecule has 1 N–H and O–H groups in total. The number of amides is 2. The third-order valence-corrected chi connectivity index (χ3v) is 1.76. The molecule has 1 aromatic rings. The van der Waals surface area contributed by atoms with E-state index < -0.39 is 17.2 Å². The van der Waals surface area contributed by atoms with Crippen molar-refractivity contribution in [2.75, 3.05) is 0 Å². The van der Waals surface area contributed by atoms with Crippen molar-refractivity contribution in [3.63, 3.8) is 0 Å². The van der Waals surface area contributed by atoms with E-state index in [-0.39, 0.29) is 11.3 Å². The first kappa shape index (κ1) is 11.2. The van der Waals surface area contributed by atoms with Crippen LogP contribution in [-0.4, -0.2) is 11.8 Å². The molecule has 0 aliphatic rings. The zero-order chi connectivity index (χ0) is 11.6. The third kappa shape index (κ3) is 2.52. The summed E-state index contributed by atoms with van der Waals surface area (Å²) in [6, 6.07) is 1.21. The molecule has 1 rings (SSSR count). The highest BCUT2D eigenvalue weighted by Gasteiger charge is 2.16. The maximum absolute atomic E-state index is 11.5. The molecule has 2 amide bonds. The van der Waals surface area contributed by atoms with Gasteiger partial charge in [-0.15, -0.1) is 0 Å². The van der Waals surface area contributed by atoms with Crippen molar-refractivity contribution in [2.45, 2.75) is 20.8 Å². The van der Waals surface area contributed by atoms with E-state index in [1.807, 2.05) is 5.32 Å². The maximum atomic E-state index is 11.5. The lowest BCUT2D eigenvalue weighted by molar-refractivity contribution is -0.118. The Morgan fingerprint density at radius 1 is 1.33 bits per heavy atom. The van der Waals surface area contributed by atoms with Crippen LogP contribution in [0.1, 0.15) is 28.8 Å². The average molecular weight is 209 g/mol. The summed E-state index contributed by atoms with van der Waals surface area (Å²) in [5.41, 5.74) is -0.578. The van der Waals surface area contributed by atoms with E-state index in [2.05, 4.69) is 0 Å². The Morgan fingerprint density at radius 3 is 2.40 bits per heavy atom. The van der Waals surface area contributed by atoms with Gasteiger partial charge >= 0.3 is 0 Å². The molecule has 1 heterocycles. The second-order valence-corrected chi connectivity index (χ2v) is 3.16. The van der Waals surface area contributed by atoms with Gasteiger partial charge in [0.05, 0.1) is 0 Å². The van der Waals surface area contributed by atoms with Gasteiger partial charge in [0.15, 0.2) is 5.43 Å². The molecule has 0 saturated carbocycles. The van der Waals surface area contributed by atoms with Crippen LogP contribution in [0.3, 0.4) is 0 Å². The molecule has 5 heteroatoms. The minimum atomic E-state index is -0.728. The van der Waals surface area contributed by atoms with E-state index in [9.17, 15) is 14.4 Å². The molecular weight excluding hydrogens is 198 g/mol. The molecule has 0 aromatic carbocycles. The largest absolute Gasteiger partial charge is 0.466 e. The van der Waals surface area contributed by atoms with Gasteiger partial charge in [0.2, 0.25) is 5.91 Å². The van der Waals surface area contributed by atoms with Crippen LogP contribution in [0.15, 0.2) is 15.3 Å². The van der Waals surface area contributed by atoms with Crippen LogP contribution in [-0.2, 0) is 4.79 Å². The molecule has 0 radical (unpaired) electrons. The van der Waals surface area contributed by atoms with E-state index >= 15 is 0 Å². The topological polar surface area (TPSA) is 76.4 Å². The van der Waals surface area contributed by atoms with Gasteiger partial charge in [-0.25, -0.2) is 0 Å². The maximum Gasteiger partial charge on any atom is 0.265 e. The molecule has 80 valence electrons. The van der Waals surface area contributed by atoms with E-state index in [4.69, 9.17) is 4.42 Å². The first-order valence-corrected chi connectivity index (χ1v) is 4.35. The van der Waals surface area contributed by atoms with Gasteiger partial charge in [0.25, 0.3) is 5.91 Å². The molecule has 15 heavy (non-hydrogen) atoms. The Bertz CT molecular complexity index is 473. The predicted octanol–water partition coefficient (Wildman–Crippen LogP) is 0.533. The van der Waals surface area contributed by atoms with E-state index in [0.717, 1.165) is 0 Å². The van der Waals surface area contributed by atoms with Crippen LogP contribution >= 0.6 is 0 Å². The van der Waals surface area contributed by atoms with Gasteiger partial charge in [0, 0.05) is 13.0 Å². The number of imide groups is 1. The Labute approximate surface area is 86.1 Å². The van der Waals surface area contributed by atoms with Gasteiger partial charge < -0.3 is 4.42 Å². The number of rotatable bonds is 1. The van der Waals surface area contributed by atoms with Gasteiger partial charge in [-0.3, -0.25) is 19.7 Å². The Morgan fingerprint density at radius 2 is 1.93 bits per heavy atom. The van der Waals surface area contributed by atoms with Gasteiger partial charge in [-0.2, -0.15) is 0 Å². The number of aryl methyl sites for hydroxylation is 2. The van der Waals surface area contributed by atoms with Crippen molar-refractivity contribution >= 4 is 11.8 Å². The van der Waals surface area contributed by atoms with E-state index in [0.29, 0.717) is 5.76 Å². The van der Waals surface area contributed by atoms with Crippen LogP contribution in [0.25, 0.3) is 0 Å². The minimum Gasteiger partial charge on any atom is -0.466 e. The lowest BCUT2D eigenvalue weighted by Gasteiger charge is -2.03. The predicted molar refractivity (Wildman–Crippen MR) is 52.6 cm³/mol. The molecule has 0 bridgehead atoms. The van der Waals surface area contributed by atoms with Crippen LogP contribution in [0, 0.1) is 13.8 Å². The smallest absolute Gasteiger partial charge is 0.265 e. The molecule has 0 atom stereocenters. The van der Waals surface area contributed by atoms with E-state index in [1.54, 1.807) is 6.92 Å². The van der Waals surface area contributed by atoms with Crippen molar-refractivity contribution in [2.24, 2.45) is 0 Å². The van der Waals surface area contributed by atoms with Gasteiger partial charge in [-0.05, 0) is 13.8 Å². The number of nitrogens with one attached hydrogen (secondary N) is 1. The summed E-state index contributed by atoms with van der Waals surface area (Å²) in [7, 11) is 0. The number of hydrogen-bond acceptors (Lipinski definition) is 4. The highest BCUT2D eigenvalue weighted by Crippen LogP contribution is 2.05.